The fraction of sp³-hybridized carbons (Fsp3) is 0.160. The van der Waals surface area contributed by atoms with Crippen LogP contribution in [0.15, 0.2) is 79.4 Å². The summed E-state index contributed by atoms with van der Waals surface area (Å²) >= 11 is 0. The Kier molecular flexibility index (Phi) is 4.96. The minimum atomic E-state index is -0.272. The predicted molar refractivity (Wildman–Crippen MR) is 118 cm³/mol. The zero-order valence-corrected chi connectivity index (χ0v) is 17.2. The molecule has 0 bridgehead atoms. The number of aromatic amines is 1. The van der Waals surface area contributed by atoms with E-state index in [1.165, 1.54) is 0 Å². The maximum absolute atomic E-state index is 13.7. The summed E-state index contributed by atoms with van der Waals surface area (Å²) in [5.41, 5.74) is 5.44. The fourth-order valence-electron chi connectivity index (χ4n) is 4.24. The number of benzene rings is 2. The van der Waals surface area contributed by atoms with E-state index in [4.69, 9.17) is 4.74 Å². The Bertz CT molecular complexity index is 1220. The van der Waals surface area contributed by atoms with E-state index in [1.54, 1.807) is 25.8 Å². The molecule has 0 fully saturated rings. The summed E-state index contributed by atoms with van der Waals surface area (Å²) in [6, 6.07) is 19.1. The minimum Gasteiger partial charge on any atom is -0.496 e. The first kappa shape index (κ1) is 19.1. The number of imidazole rings is 1. The highest BCUT2D eigenvalue weighted by Crippen LogP contribution is 2.35. The molecule has 2 aromatic carbocycles. The maximum atomic E-state index is 13.7. The summed E-state index contributed by atoms with van der Waals surface area (Å²) in [5, 5.41) is 0. The number of carbonyl (C=O) groups is 1. The van der Waals surface area contributed by atoms with Crippen LogP contribution in [-0.4, -0.2) is 39.4 Å². The first-order valence-corrected chi connectivity index (χ1v) is 10.2. The number of amides is 1. The molecule has 0 aliphatic carbocycles. The smallest absolute Gasteiger partial charge is 0.254 e. The second-order valence-corrected chi connectivity index (χ2v) is 7.48. The zero-order valence-electron chi connectivity index (χ0n) is 17.2. The van der Waals surface area contributed by atoms with E-state index in [-0.39, 0.29) is 11.9 Å². The van der Waals surface area contributed by atoms with Crippen LogP contribution in [0.1, 0.15) is 33.4 Å². The molecule has 1 aliphatic heterocycles. The summed E-state index contributed by atoms with van der Waals surface area (Å²) < 4.78 is 5.51. The van der Waals surface area contributed by atoms with Gasteiger partial charge in [0, 0.05) is 42.2 Å². The van der Waals surface area contributed by atoms with Gasteiger partial charge in [-0.05, 0) is 35.4 Å². The number of hydrogen-bond acceptors (Lipinski definition) is 4. The van der Waals surface area contributed by atoms with Crippen LogP contribution in [0.25, 0.3) is 11.1 Å². The molecule has 4 aromatic rings. The van der Waals surface area contributed by atoms with E-state index in [0.717, 1.165) is 40.2 Å². The molecule has 5 rings (SSSR count). The molecule has 31 heavy (non-hydrogen) atoms. The van der Waals surface area contributed by atoms with E-state index in [1.807, 2.05) is 65.6 Å². The number of aromatic nitrogens is 3. The lowest BCUT2D eigenvalue weighted by atomic mass is 9.95. The second-order valence-electron chi connectivity index (χ2n) is 7.48. The van der Waals surface area contributed by atoms with Crippen molar-refractivity contribution in [1.29, 1.82) is 0 Å². The molecule has 0 radical (unpaired) electrons. The van der Waals surface area contributed by atoms with Gasteiger partial charge in [0.25, 0.3) is 5.91 Å². The van der Waals surface area contributed by atoms with E-state index in [0.29, 0.717) is 12.1 Å². The molecule has 1 aliphatic rings. The number of ether oxygens (including phenoxy) is 1. The van der Waals surface area contributed by atoms with Crippen LogP contribution >= 0.6 is 0 Å². The van der Waals surface area contributed by atoms with Gasteiger partial charge >= 0.3 is 0 Å². The topological polar surface area (TPSA) is 71.1 Å². The lowest BCUT2D eigenvalue weighted by Gasteiger charge is -2.35. The van der Waals surface area contributed by atoms with Gasteiger partial charge in [-0.2, -0.15) is 0 Å². The number of fused-ring (bicyclic) bond motifs is 1. The van der Waals surface area contributed by atoms with Crippen molar-refractivity contribution in [2.24, 2.45) is 0 Å². The molecule has 0 saturated heterocycles. The Morgan fingerprint density at radius 3 is 2.87 bits per heavy atom. The van der Waals surface area contributed by atoms with Crippen LogP contribution in [0.5, 0.6) is 5.75 Å². The summed E-state index contributed by atoms with van der Waals surface area (Å²) in [4.78, 5) is 27.6. The van der Waals surface area contributed by atoms with Crippen LogP contribution in [0.3, 0.4) is 0 Å². The standard InChI is InChI=1S/C25H22N4O2/c1-31-22-10-3-2-9-20(22)17-6-4-7-18(14-17)25(30)29-13-11-21-23(28-16-27-21)24(29)19-8-5-12-26-15-19/h2-10,12,14-16,24H,11,13H2,1H3,(H,27,28). The SMILES string of the molecule is COc1ccccc1-c1cccc(C(=O)N2CCc3[nH]cnc3C2c2cccnc2)c1. The van der Waals surface area contributed by atoms with Gasteiger partial charge in [0.1, 0.15) is 11.8 Å². The first-order chi connectivity index (χ1) is 15.3. The van der Waals surface area contributed by atoms with Crippen LogP contribution in [0.2, 0.25) is 0 Å². The number of rotatable bonds is 4. The molecule has 6 nitrogen and oxygen atoms in total. The summed E-state index contributed by atoms with van der Waals surface area (Å²) in [7, 11) is 1.65. The molecule has 1 amide bonds. The summed E-state index contributed by atoms with van der Waals surface area (Å²) in [5.74, 6) is 0.749. The summed E-state index contributed by atoms with van der Waals surface area (Å²) in [6.45, 7) is 0.604. The van der Waals surface area contributed by atoms with Crippen LogP contribution in [-0.2, 0) is 6.42 Å². The number of hydrogen-bond donors (Lipinski definition) is 1. The van der Waals surface area contributed by atoms with Crippen molar-refractivity contribution in [2.45, 2.75) is 12.5 Å². The molecule has 3 heterocycles. The second kappa shape index (κ2) is 8.07. The van der Waals surface area contributed by atoms with Gasteiger partial charge in [-0.25, -0.2) is 4.98 Å². The van der Waals surface area contributed by atoms with E-state index in [9.17, 15) is 4.79 Å². The third-order valence-corrected chi connectivity index (χ3v) is 5.71. The van der Waals surface area contributed by atoms with Crippen molar-refractivity contribution in [1.82, 2.24) is 19.9 Å². The van der Waals surface area contributed by atoms with Crippen molar-refractivity contribution in [3.05, 3.63) is 102 Å². The molecule has 1 unspecified atom stereocenters. The van der Waals surface area contributed by atoms with Gasteiger partial charge in [0.15, 0.2) is 0 Å². The number of para-hydroxylation sites is 1. The van der Waals surface area contributed by atoms with Crippen LogP contribution < -0.4 is 4.74 Å². The third-order valence-electron chi connectivity index (χ3n) is 5.71. The highest BCUT2D eigenvalue weighted by molar-refractivity contribution is 5.96. The maximum Gasteiger partial charge on any atom is 0.254 e. The Balaban J connectivity index is 1.54. The molecule has 1 N–H and O–H groups in total. The fourth-order valence-corrected chi connectivity index (χ4v) is 4.24. The van der Waals surface area contributed by atoms with E-state index in [2.05, 4.69) is 15.0 Å². The van der Waals surface area contributed by atoms with Gasteiger partial charge < -0.3 is 14.6 Å². The first-order valence-electron chi connectivity index (χ1n) is 10.2. The average molecular weight is 410 g/mol. The summed E-state index contributed by atoms with van der Waals surface area (Å²) in [6.07, 6.45) is 5.98. The van der Waals surface area contributed by atoms with Gasteiger partial charge in [0.05, 0.1) is 19.1 Å². The van der Waals surface area contributed by atoms with E-state index >= 15 is 0 Å². The van der Waals surface area contributed by atoms with Gasteiger partial charge in [0.2, 0.25) is 0 Å². The van der Waals surface area contributed by atoms with Crippen molar-refractivity contribution >= 4 is 5.91 Å². The molecule has 6 heteroatoms. The number of pyridine rings is 1. The number of H-pyrrole nitrogens is 1. The Morgan fingerprint density at radius 2 is 2.03 bits per heavy atom. The molecule has 1 atom stereocenters. The van der Waals surface area contributed by atoms with Crippen molar-refractivity contribution in [3.63, 3.8) is 0 Å². The highest BCUT2D eigenvalue weighted by Gasteiger charge is 2.34. The number of nitrogens with one attached hydrogen (secondary N) is 1. The quantitative estimate of drug-likeness (QED) is 0.545. The van der Waals surface area contributed by atoms with Crippen LogP contribution in [0, 0.1) is 0 Å². The molecule has 154 valence electrons. The minimum absolute atomic E-state index is 0.0285. The Morgan fingerprint density at radius 1 is 1.13 bits per heavy atom. The Labute approximate surface area is 180 Å². The molecule has 2 aromatic heterocycles. The average Bonchev–Trinajstić information content (AvgIpc) is 3.32. The van der Waals surface area contributed by atoms with Gasteiger partial charge in [-0.1, -0.05) is 36.4 Å². The number of carbonyl (C=O) groups excluding carboxylic acids is 1. The highest BCUT2D eigenvalue weighted by atomic mass is 16.5. The zero-order chi connectivity index (χ0) is 21.2. The van der Waals surface area contributed by atoms with Crippen LogP contribution in [0.4, 0.5) is 0 Å². The van der Waals surface area contributed by atoms with Crippen molar-refractivity contribution < 1.29 is 9.53 Å². The lowest BCUT2D eigenvalue weighted by Crippen LogP contribution is -2.40. The lowest BCUT2D eigenvalue weighted by molar-refractivity contribution is 0.0690. The Hall–Kier alpha value is -3.93. The van der Waals surface area contributed by atoms with Gasteiger partial charge in [-0.15, -0.1) is 0 Å². The van der Waals surface area contributed by atoms with Crippen molar-refractivity contribution in [2.75, 3.05) is 13.7 Å². The number of nitrogens with zero attached hydrogens (tertiary/aromatic N) is 3. The number of methoxy groups -OCH3 is 1. The normalized spacial score (nSPS) is 15.4. The van der Waals surface area contributed by atoms with Gasteiger partial charge in [-0.3, -0.25) is 9.78 Å². The third kappa shape index (κ3) is 3.46. The monoisotopic (exact) mass is 410 g/mol. The van der Waals surface area contributed by atoms with E-state index < -0.39 is 0 Å². The van der Waals surface area contributed by atoms with Crippen molar-refractivity contribution in [3.8, 4) is 16.9 Å². The molecular weight excluding hydrogens is 388 g/mol. The molecule has 0 spiro atoms. The molecular formula is C25H22N4O2. The largest absolute Gasteiger partial charge is 0.496 e. The predicted octanol–water partition coefficient (Wildman–Crippen LogP) is 4.27. The molecule has 0 saturated carbocycles.